The first-order valence-corrected chi connectivity index (χ1v) is 6.60. The number of halogens is 1. The Labute approximate surface area is 120 Å². The zero-order valence-electron chi connectivity index (χ0n) is 10.5. The number of aromatic nitrogens is 3. The third-order valence-electron chi connectivity index (χ3n) is 3.62. The number of nitrogens with two attached hydrogens (primary N) is 1. The van der Waals surface area contributed by atoms with Crippen molar-refractivity contribution in [1.82, 2.24) is 14.8 Å². The summed E-state index contributed by atoms with van der Waals surface area (Å²) in [6, 6.07) is 7.27. The molecule has 1 aromatic carbocycles. The van der Waals surface area contributed by atoms with Gasteiger partial charge in [-0.2, -0.15) is 4.98 Å². The van der Waals surface area contributed by atoms with Gasteiger partial charge in [-0.25, -0.2) is 4.68 Å². The Morgan fingerprint density at radius 2 is 2.30 bits per heavy atom. The van der Waals surface area contributed by atoms with Gasteiger partial charge in [0.05, 0.1) is 12.5 Å². The van der Waals surface area contributed by atoms with Gasteiger partial charge in [0.2, 0.25) is 5.95 Å². The highest BCUT2D eigenvalue weighted by molar-refractivity contribution is 6.30. The van der Waals surface area contributed by atoms with Crippen molar-refractivity contribution in [2.45, 2.75) is 18.9 Å². The summed E-state index contributed by atoms with van der Waals surface area (Å²) in [6.07, 6.45) is 0.316. The number of fused-ring (bicyclic) bond motifs is 1. The van der Waals surface area contributed by atoms with Crippen molar-refractivity contribution in [2.75, 3.05) is 5.73 Å². The van der Waals surface area contributed by atoms with Crippen LogP contribution in [0.4, 0.5) is 5.95 Å². The molecule has 0 radical (unpaired) electrons. The van der Waals surface area contributed by atoms with Gasteiger partial charge in [0.1, 0.15) is 5.82 Å². The molecule has 1 aromatic heterocycles. The van der Waals surface area contributed by atoms with Crippen molar-refractivity contribution in [2.24, 2.45) is 5.92 Å². The van der Waals surface area contributed by atoms with E-state index in [0.717, 1.165) is 5.56 Å². The smallest absolute Gasteiger partial charge is 0.307 e. The lowest BCUT2D eigenvalue weighted by atomic mass is 9.81. The highest BCUT2D eigenvalue weighted by Gasteiger charge is 2.36. The van der Waals surface area contributed by atoms with Crippen LogP contribution in [0, 0.1) is 5.92 Å². The number of hydrogen-bond donors (Lipinski definition) is 2. The summed E-state index contributed by atoms with van der Waals surface area (Å²) < 4.78 is 1.68. The van der Waals surface area contributed by atoms with Gasteiger partial charge in [-0.1, -0.05) is 23.7 Å². The van der Waals surface area contributed by atoms with Crippen LogP contribution in [0.15, 0.2) is 24.3 Å². The summed E-state index contributed by atoms with van der Waals surface area (Å²) in [5.74, 6) is -0.795. The van der Waals surface area contributed by atoms with Crippen LogP contribution in [0.3, 0.4) is 0 Å². The maximum atomic E-state index is 11.5. The van der Waals surface area contributed by atoms with E-state index in [1.165, 1.54) is 0 Å². The fourth-order valence-corrected chi connectivity index (χ4v) is 2.88. The van der Waals surface area contributed by atoms with Gasteiger partial charge in [-0.15, -0.1) is 5.10 Å². The summed E-state index contributed by atoms with van der Waals surface area (Å²) in [5, 5.41) is 14.1. The van der Waals surface area contributed by atoms with Crippen LogP contribution < -0.4 is 5.73 Å². The van der Waals surface area contributed by atoms with Crippen molar-refractivity contribution >= 4 is 23.5 Å². The third kappa shape index (κ3) is 2.22. The van der Waals surface area contributed by atoms with Gasteiger partial charge in [0, 0.05) is 17.4 Å². The molecule has 2 atom stereocenters. The molecule has 3 N–H and O–H groups in total. The zero-order valence-corrected chi connectivity index (χ0v) is 11.3. The van der Waals surface area contributed by atoms with Gasteiger partial charge in [0.15, 0.2) is 0 Å². The molecule has 20 heavy (non-hydrogen) atoms. The number of rotatable bonds is 2. The largest absolute Gasteiger partial charge is 0.481 e. The molecule has 1 aliphatic heterocycles. The Morgan fingerprint density at radius 3 is 3.00 bits per heavy atom. The molecule has 6 nitrogen and oxygen atoms in total. The normalized spacial score (nSPS) is 21.4. The maximum absolute atomic E-state index is 11.5. The topological polar surface area (TPSA) is 94.0 Å². The van der Waals surface area contributed by atoms with Crippen molar-refractivity contribution in [3.63, 3.8) is 0 Å². The number of nitrogens with zero attached hydrogens (tertiary/aromatic N) is 3. The van der Waals surface area contributed by atoms with E-state index >= 15 is 0 Å². The van der Waals surface area contributed by atoms with Crippen LogP contribution in [-0.2, 0) is 17.8 Å². The summed E-state index contributed by atoms with van der Waals surface area (Å²) in [4.78, 5) is 15.6. The van der Waals surface area contributed by atoms with E-state index in [4.69, 9.17) is 17.3 Å². The van der Waals surface area contributed by atoms with E-state index in [0.29, 0.717) is 23.8 Å². The molecule has 0 bridgehead atoms. The number of aliphatic carboxylic acids is 1. The minimum atomic E-state index is -0.845. The molecule has 1 aliphatic rings. The third-order valence-corrected chi connectivity index (χ3v) is 3.85. The molecule has 0 saturated heterocycles. The quantitative estimate of drug-likeness (QED) is 0.876. The second-order valence-electron chi connectivity index (χ2n) is 4.88. The van der Waals surface area contributed by atoms with Gasteiger partial charge in [0.25, 0.3) is 0 Å². The molecule has 0 fully saturated rings. The van der Waals surface area contributed by atoms with E-state index in [1.54, 1.807) is 16.8 Å². The Hall–Kier alpha value is -2.08. The standard InChI is InChI=1S/C13H13ClN4O2/c14-8-3-1-2-7(4-8)10-6-18-11(16-13(15)17-18)5-9(10)12(19)20/h1-4,9-10H,5-6H2,(H2,15,17)(H,19,20). The van der Waals surface area contributed by atoms with E-state index < -0.39 is 11.9 Å². The van der Waals surface area contributed by atoms with Gasteiger partial charge < -0.3 is 10.8 Å². The summed E-state index contributed by atoms with van der Waals surface area (Å²) in [6.45, 7) is 0.441. The molecule has 7 heteroatoms. The second-order valence-corrected chi connectivity index (χ2v) is 5.32. The van der Waals surface area contributed by atoms with Gasteiger partial charge >= 0.3 is 5.97 Å². The summed E-state index contributed by atoms with van der Waals surface area (Å²) >= 11 is 5.99. The van der Waals surface area contributed by atoms with Crippen LogP contribution in [-0.4, -0.2) is 25.8 Å². The fraction of sp³-hybridized carbons (Fsp3) is 0.308. The van der Waals surface area contributed by atoms with Crippen LogP contribution >= 0.6 is 11.6 Å². The Balaban J connectivity index is 2.02. The number of carbonyl (C=O) groups is 1. The van der Waals surface area contributed by atoms with Crippen LogP contribution in [0.1, 0.15) is 17.3 Å². The second kappa shape index (κ2) is 4.79. The maximum Gasteiger partial charge on any atom is 0.307 e. The zero-order chi connectivity index (χ0) is 14.3. The molecule has 0 amide bonds. The molecule has 104 valence electrons. The number of nitrogen functional groups attached to an aromatic ring is 1. The van der Waals surface area contributed by atoms with Crippen LogP contribution in [0.2, 0.25) is 5.02 Å². The summed E-state index contributed by atoms with van der Waals surface area (Å²) in [7, 11) is 0. The molecule has 2 aromatic rings. The lowest BCUT2D eigenvalue weighted by Crippen LogP contribution is -2.33. The van der Waals surface area contributed by atoms with Crippen molar-refractivity contribution < 1.29 is 9.90 Å². The van der Waals surface area contributed by atoms with Crippen LogP contribution in [0.25, 0.3) is 0 Å². The number of carboxylic acids is 1. The average molecular weight is 293 g/mol. The average Bonchev–Trinajstić information content (AvgIpc) is 2.76. The first-order valence-electron chi connectivity index (χ1n) is 6.22. The van der Waals surface area contributed by atoms with E-state index in [9.17, 15) is 9.90 Å². The van der Waals surface area contributed by atoms with E-state index in [2.05, 4.69) is 10.1 Å². The molecule has 2 unspecified atom stereocenters. The number of benzene rings is 1. The minimum absolute atomic E-state index is 0.177. The first-order chi connectivity index (χ1) is 9.54. The molecule has 3 rings (SSSR count). The van der Waals surface area contributed by atoms with Gasteiger partial charge in [-0.05, 0) is 17.7 Å². The number of hydrogen-bond acceptors (Lipinski definition) is 4. The first kappa shape index (κ1) is 12.9. The predicted molar refractivity (Wildman–Crippen MR) is 73.5 cm³/mol. The molecule has 0 saturated carbocycles. The highest BCUT2D eigenvalue weighted by atomic mass is 35.5. The number of anilines is 1. The van der Waals surface area contributed by atoms with Crippen molar-refractivity contribution in [3.8, 4) is 0 Å². The van der Waals surface area contributed by atoms with Crippen molar-refractivity contribution in [1.29, 1.82) is 0 Å². The van der Waals surface area contributed by atoms with Crippen LogP contribution in [0.5, 0.6) is 0 Å². The lowest BCUT2D eigenvalue weighted by molar-refractivity contribution is -0.143. The van der Waals surface area contributed by atoms with E-state index in [1.807, 2.05) is 12.1 Å². The van der Waals surface area contributed by atoms with Gasteiger partial charge in [-0.3, -0.25) is 4.79 Å². The Bertz CT molecular complexity index is 670. The highest BCUT2D eigenvalue weighted by Crippen LogP contribution is 2.34. The SMILES string of the molecule is Nc1nc2n(n1)CC(c1cccc(Cl)c1)C(C(=O)O)C2. The lowest BCUT2D eigenvalue weighted by Gasteiger charge is -2.29. The summed E-state index contributed by atoms with van der Waals surface area (Å²) in [5.41, 5.74) is 6.47. The monoisotopic (exact) mass is 292 g/mol. The minimum Gasteiger partial charge on any atom is -0.481 e. The predicted octanol–water partition coefficient (Wildman–Crippen LogP) is 1.55. The Kier molecular flexibility index (Phi) is 3.10. The molecule has 0 spiro atoms. The molecular weight excluding hydrogens is 280 g/mol. The number of carboxylic acid groups (broad SMARTS) is 1. The molecular formula is C13H13ClN4O2. The van der Waals surface area contributed by atoms with Crippen molar-refractivity contribution in [3.05, 3.63) is 40.7 Å². The Morgan fingerprint density at radius 1 is 1.50 bits per heavy atom. The molecule has 2 heterocycles. The van der Waals surface area contributed by atoms with E-state index in [-0.39, 0.29) is 11.9 Å². The molecule has 0 aliphatic carbocycles. The fourth-order valence-electron chi connectivity index (χ4n) is 2.68.